The van der Waals surface area contributed by atoms with Crippen molar-refractivity contribution in [2.45, 2.75) is 18.9 Å². The van der Waals surface area contributed by atoms with Crippen LogP contribution in [-0.4, -0.2) is 50.3 Å². The highest BCUT2D eigenvalue weighted by atomic mass is 16.5. The number of hydrazine groups is 1. The number of hydrogen-bond donors (Lipinski definition) is 2. The Balaban J connectivity index is 1.54. The lowest BCUT2D eigenvalue weighted by atomic mass is 10.0. The Morgan fingerprint density at radius 1 is 1.00 bits per heavy atom. The van der Waals surface area contributed by atoms with Crippen molar-refractivity contribution in [2.24, 2.45) is 5.84 Å². The quantitative estimate of drug-likeness (QED) is 0.643. The molecule has 3 rings (SSSR count). The minimum Gasteiger partial charge on any atom is -0.379 e. The monoisotopic (exact) mass is 276 g/mol. The van der Waals surface area contributed by atoms with Crippen molar-refractivity contribution in [1.82, 2.24) is 4.90 Å². The summed E-state index contributed by atoms with van der Waals surface area (Å²) in [7, 11) is 0. The molecule has 5 heteroatoms. The van der Waals surface area contributed by atoms with Crippen molar-refractivity contribution in [1.29, 1.82) is 0 Å². The van der Waals surface area contributed by atoms with Crippen LogP contribution in [-0.2, 0) is 4.74 Å². The smallest absolute Gasteiger partial charge is 0.0594 e. The number of morpholine rings is 1. The standard InChI is InChI=1S/C15H24N4O/c16-17-13-1-3-14(4-2-13)18-7-5-15(6-8-18)19-9-11-20-12-10-19/h1-4,15,17H,5-12,16H2. The molecule has 2 saturated heterocycles. The van der Waals surface area contributed by atoms with Gasteiger partial charge in [-0.1, -0.05) is 0 Å². The number of benzene rings is 1. The molecule has 0 unspecified atom stereocenters. The fraction of sp³-hybridized carbons (Fsp3) is 0.600. The van der Waals surface area contributed by atoms with Gasteiger partial charge in [0.05, 0.1) is 13.2 Å². The van der Waals surface area contributed by atoms with Gasteiger partial charge in [-0.2, -0.15) is 0 Å². The van der Waals surface area contributed by atoms with Gasteiger partial charge in [0.25, 0.3) is 0 Å². The van der Waals surface area contributed by atoms with Gasteiger partial charge < -0.3 is 15.1 Å². The van der Waals surface area contributed by atoms with Gasteiger partial charge >= 0.3 is 0 Å². The highest BCUT2D eigenvalue weighted by Crippen LogP contribution is 2.24. The zero-order valence-corrected chi connectivity index (χ0v) is 11.9. The van der Waals surface area contributed by atoms with E-state index in [1.54, 1.807) is 0 Å². The molecule has 0 amide bonds. The zero-order chi connectivity index (χ0) is 13.8. The topological polar surface area (TPSA) is 53.8 Å². The second-order valence-corrected chi connectivity index (χ2v) is 5.56. The first kappa shape index (κ1) is 13.7. The van der Waals surface area contributed by atoms with Gasteiger partial charge in [-0.25, -0.2) is 0 Å². The Hall–Kier alpha value is -1.30. The Morgan fingerprint density at radius 2 is 1.65 bits per heavy atom. The van der Waals surface area contributed by atoms with Crippen LogP contribution in [0.3, 0.4) is 0 Å². The number of piperidine rings is 1. The summed E-state index contributed by atoms with van der Waals surface area (Å²) in [6.07, 6.45) is 2.49. The Labute approximate surface area is 120 Å². The van der Waals surface area contributed by atoms with Crippen LogP contribution in [0.15, 0.2) is 24.3 Å². The summed E-state index contributed by atoms with van der Waals surface area (Å²) in [6, 6.07) is 9.08. The van der Waals surface area contributed by atoms with Crippen molar-refractivity contribution in [3.63, 3.8) is 0 Å². The van der Waals surface area contributed by atoms with Crippen LogP contribution in [0.2, 0.25) is 0 Å². The predicted molar refractivity (Wildman–Crippen MR) is 81.9 cm³/mol. The van der Waals surface area contributed by atoms with E-state index in [1.165, 1.54) is 18.5 Å². The van der Waals surface area contributed by atoms with Crippen molar-refractivity contribution >= 4 is 11.4 Å². The lowest BCUT2D eigenvalue weighted by Gasteiger charge is -2.40. The maximum Gasteiger partial charge on any atom is 0.0594 e. The zero-order valence-electron chi connectivity index (χ0n) is 11.9. The molecule has 0 aromatic heterocycles. The third kappa shape index (κ3) is 3.06. The number of ether oxygens (including phenoxy) is 1. The fourth-order valence-corrected chi connectivity index (χ4v) is 3.20. The third-order valence-electron chi connectivity index (χ3n) is 4.43. The highest BCUT2D eigenvalue weighted by molar-refractivity contribution is 5.54. The molecule has 110 valence electrons. The number of nitrogens with one attached hydrogen (secondary N) is 1. The average Bonchev–Trinajstić information content (AvgIpc) is 2.56. The van der Waals surface area contributed by atoms with Crippen LogP contribution in [0.1, 0.15) is 12.8 Å². The molecule has 2 aliphatic heterocycles. The van der Waals surface area contributed by atoms with E-state index in [4.69, 9.17) is 10.6 Å². The maximum absolute atomic E-state index is 5.43. The van der Waals surface area contributed by atoms with E-state index in [-0.39, 0.29) is 0 Å². The summed E-state index contributed by atoms with van der Waals surface area (Å²) >= 11 is 0. The van der Waals surface area contributed by atoms with Gasteiger partial charge in [0.15, 0.2) is 0 Å². The van der Waals surface area contributed by atoms with E-state index >= 15 is 0 Å². The number of nitrogens with two attached hydrogens (primary N) is 1. The molecule has 1 aromatic carbocycles. The first-order chi connectivity index (χ1) is 9.86. The summed E-state index contributed by atoms with van der Waals surface area (Å²) < 4.78 is 5.43. The van der Waals surface area contributed by atoms with E-state index in [2.05, 4.69) is 27.4 Å². The van der Waals surface area contributed by atoms with Gasteiger partial charge in [-0.05, 0) is 37.1 Å². The van der Waals surface area contributed by atoms with E-state index in [0.29, 0.717) is 0 Å². The molecule has 2 heterocycles. The second-order valence-electron chi connectivity index (χ2n) is 5.56. The van der Waals surface area contributed by atoms with Gasteiger partial charge in [0, 0.05) is 43.6 Å². The summed E-state index contributed by atoms with van der Waals surface area (Å²) in [4.78, 5) is 5.07. The van der Waals surface area contributed by atoms with E-state index in [1.807, 2.05) is 12.1 Å². The van der Waals surface area contributed by atoms with Crippen LogP contribution < -0.4 is 16.2 Å². The lowest BCUT2D eigenvalue weighted by Crippen LogP contribution is -2.49. The van der Waals surface area contributed by atoms with Crippen molar-refractivity contribution in [3.05, 3.63) is 24.3 Å². The Morgan fingerprint density at radius 3 is 2.25 bits per heavy atom. The van der Waals surface area contributed by atoms with Crippen LogP contribution in [0.4, 0.5) is 11.4 Å². The summed E-state index contributed by atoms with van der Waals surface area (Å²) in [5, 5.41) is 0. The highest BCUT2D eigenvalue weighted by Gasteiger charge is 2.25. The summed E-state index contributed by atoms with van der Waals surface area (Å²) in [5.41, 5.74) is 4.92. The number of nitrogen functional groups attached to an aromatic ring is 1. The molecule has 0 spiro atoms. The molecule has 0 saturated carbocycles. The molecule has 2 fully saturated rings. The molecule has 5 nitrogen and oxygen atoms in total. The van der Waals surface area contributed by atoms with Crippen LogP contribution in [0, 0.1) is 0 Å². The summed E-state index contributed by atoms with van der Waals surface area (Å²) in [5.74, 6) is 5.40. The van der Waals surface area contributed by atoms with Crippen molar-refractivity contribution in [3.8, 4) is 0 Å². The van der Waals surface area contributed by atoms with Crippen LogP contribution in [0.5, 0.6) is 0 Å². The Bertz CT molecular complexity index is 408. The lowest BCUT2D eigenvalue weighted by molar-refractivity contribution is 0.0115. The van der Waals surface area contributed by atoms with Crippen molar-refractivity contribution in [2.75, 3.05) is 49.7 Å². The largest absolute Gasteiger partial charge is 0.379 e. The normalized spacial score (nSPS) is 21.9. The molecule has 3 N–H and O–H groups in total. The SMILES string of the molecule is NNc1ccc(N2CCC(N3CCOCC3)CC2)cc1. The predicted octanol–water partition coefficient (Wildman–Crippen LogP) is 1.27. The second kappa shape index (κ2) is 6.43. The first-order valence-electron chi connectivity index (χ1n) is 7.50. The molecule has 1 aromatic rings. The maximum atomic E-state index is 5.43. The number of rotatable bonds is 3. The van der Waals surface area contributed by atoms with E-state index in [9.17, 15) is 0 Å². The molecular weight excluding hydrogens is 252 g/mol. The average molecular weight is 276 g/mol. The first-order valence-corrected chi connectivity index (χ1v) is 7.50. The number of hydrogen-bond acceptors (Lipinski definition) is 5. The molecule has 0 aliphatic carbocycles. The van der Waals surface area contributed by atoms with Gasteiger partial charge in [-0.15, -0.1) is 0 Å². The molecule has 2 aliphatic rings. The fourth-order valence-electron chi connectivity index (χ4n) is 3.20. The minimum atomic E-state index is 0.736. The van der Waals surface area contributed by atoms with E-state index in [0.717, 1.165) is 51.1 Å². The Kier molecular flexibility index (Phi) is 4.40. The molecule has 0 bridgehead atoms. The minimum absolute atomic E-state index is 0.736. The van der Waals surface area contributed by atoms with Crippen molar-refractivity contribution < 1.29 is 4.74 Å². The molecule has 20 heavy (non-hydrogen) atoms. The van der Waals surface area contributed by atoms with Gasteiger partial charge in [0.1, 0.15) is 0 Å². The number of nitrogens with zero attached hydrogens (tertiary/aromatic N) is 2. The van der Waals surface area contributed by atoms with Crippen LogP contribution in [0.25, 0.3) is 0 Å². The molecule has 0 radical (unpaired) electrons. The summed E-state index contributed by atoms with van der Waals surface area (Å²) in [6.45, 7) is 6.26. The third-order valence-corrected chi connectivity index (χ3v) is 4.43. The van der Waals surface area contributed by atoms with Gasteiger partial charge in [-0.3, -0.25) is 10.7 Å². The van der Waals surface area contributed by atoms with E-state index < -0.39 is 0 Å². The molecule has 0 atom stereocenters. The molecular formula is C15H24N4O. The number of anilines is 2. The van der Waals surface area contributed by atoms with Crippen LogP contribution >= 0.6 is 0 Å². The van der Waals surface area contributed by atoms with Gasteiger partial charge in [0.2, 0.25) is 0 Å².